The van der Waals surface area contributed by atoms with Crippen LogP contribution in [-0.2, 0) is 12.8 Å². The maximum absolute atomic E-state index is 12.0. The fourth-order valence-electron chi connectivity index (χ4n) is 2.44. The smallest absolute Gasteiger partial charge is 0.172 e. The van der Waals surface area contributed by atoms with Crippen LogP contribution in [0, 0.1) is 0 Å². The van der Waals surface area contributed by atoms with Crippen molar-refractivity contribution in [2.24, 2.45) is 0 Å². The van der Waals surface area contributed by atoms with Gasteiger partial charge in [0, 0.05) is 12.0 Å². The van der Waals surface area contributed by atoms with Gasteiger partial charge in [-0.1, -0.05) is 6.92 Å². The highest BCUT2D eigenvalue weighted by Crippen LogP contribution is 2.45. The third-order valence-electron chi connectivity index (χ3n) is 3.35. The first kappa shape index (κ1) is 12.0. The minimum Gasteiger partial charge on any atom is -0.293 e. The number of H-pyrrole nitrogens is 1. The summed E-state index contributed by atoms with van der Waals surface area (Å²) in [4.78, 5) is 13.0. The van der Waals surface area contributed by atoms with E-state index in [9.17, 15) is 4.79 Å². The molecule has 0 bridgehead atoms. The van der Waals surface area contributed by atoms with Gasteiger partial charge in [-0.3, -0.25) is 9.89 Å². The first-order valence-corrected chi connectivity index (χ1v) is 8.05. The number of carbonyl (C=O) groups excluding carboxylic acids is 1. The van der Waals surface area contributed by atoms with Gasteiger partial charge >= 0.3 is 0 Å². The fourth-order valence-corrected chi connectivity index (χ4v) is 4.55. The highest BCUT2D eigenvalue weighted by Gasteiger charge is 2.28. The first-order valence-electron chi connectivity index (χ1n) is 6.01. The summed E-state index contributed by atoms with van der Waals surface area (Å²) in [7, 11) is 0. The van der Waals surface area contributed by atoms with Crippen molar-refractivity contribution >= 4 is 28.9 Å². The van der Waals surface area contributed by atoms with Gasteiger partial charge in [0.15, 0.2) is 5.78 Å². The molecule has 0 saturated carbocycles. The molecule has 18 heavy (non-hydrogen) atoms. The van der Waals surface area contributed by atoms with Crippen molar-refractivity contribution in [2.75, 3.05) is 6.26 Å². The number of nitrogens with one attached hydrogen (secondary N) is 1. The molecule has 1 N–H and O–H groups in total. The highest BCUT2D eigenvalue weighted by molar-refractivity contribution is 8.00. The molecule has 3 nitrogen and oxygen atoms in total. The second-order valence-corrected chi connectivity index (χ2v) is 6.42. The number of thiophene rings is 1. The van der Waals surface area contributed by atoms with Crippen LogP contribution >= 0.6 is 23.1 Å². The molecular formula is C13H14N2OS2. The maximum atomic E-state index is 12.0. The number of hydrogen-bond donors (Lipinski definition) is 1. The molecule has 0 fully saturated rings. The summed E-state index contributed by atoms with van der Waals surface area (Å²) in [6, 6.07) is 0. The SMILES string of the molecule is CCC(=O)c1sc(SC)c2c1CCc1cn[nH]c1-2. The van der Waals surface area contributed by atoms with E-state index >= 15 is 0 Å². The Balaban J connectivity index is 2.23. The van der Waals surface area contributed by atoms with E-state index in [1.165, 1.54) is 20.9 Å². The Morgan fingerprint density at radius 3 is 3.11 bits per heavy atom. The molecule has 2 aromatic rings. The van der Waals surface area contributed by atoms with Crippen LogP contribution in [0.1, 0.15) is 34.1 Å². The van der Waals surface area contributed by atoms with E-state index in [1.807, 2.05) is 13.1 Å². The molecule has 0 saturated heterocycles. The van der Waals surface area contributed by atoms with Crippen LogP contribution in [0.4, 0.5) is 0 Å². The number of Topliss-reactive ketones (excluding diaryl/α,β-unsaturated/α-hetero) is 1. The number of aromatic amines is 1. The van der Waals surface area contributed by atoms with Crippen LogP contribution < -0.4 is 0 Å². The Labute approximate surface area is 114 Å². The second-order valence-electron chi connectivity index (χ2n) is 4.32. The fraction of sp³-hybridized carbons (Fsp3) is 0.385. The molecule has 2 aromatic heterocycles. The quantitative estimate of drug-likeness (QED) is 0.690. The van der Waals surface area contributed by atoms with Crippen molar-refractivity contribution in [3.63, 3.8) is 0 Å². The summed E-state index contributed by atoms with van der Waals surface area (Å²) in [6.45, 7) is 1.93. The predicted octanol–water partition coefficient (Wildman–Crippen LogP) is 3.55. The lowest BCUT2D eigenvalue weighted by molar-refractivity contribution is 0.0991. The zero-order valence-electron chi connectivity index (χ0n) is 10.4. The molecule has 2 heterocycles. The van der Waals surface area contributed by atoms with Gasteiger partial charge in [-0.05, 0) is 30.2 Å². The van der Waals surface area contributed by atoms with E-state index in [4.69, 9.17) is 0 Å². The normalized spacial score (nSPS) is 13.2. The number of thioether (sulfide) groups is 1. The number of rotatable bonds is 3. The van der Waals surface area contributed by atoms with Crippen LogP contribution in [-0.4, -0.2) is 22.2 Å². The standard InChI is InChI=1S/C13H14N2OS2/c1-3-9(16)12-8-5-4-7-6-14-15-11(7)10(8)13(17-2)18-12/h6H,3-5H2,1-2H3,(H,14,15). The van der Waals surface area contributed by atoms with Crippen molar-refractivity contribution < 1.29 is 4.79 Å². The summed E-state index contributed by atoms with van der Waals surface area (Å²) in [5.41, 5.74) is 4.84. The lowest BCUT2D eigenvalue weighted by Crippen LogP contribution is -2.05. The van der Waals surface area contributed by atoms with Crippen LogP contribution in [0.2, 0.25) is 0 Å². The zero-order chi connectivity index (χ0) is 12.7. The van der Waals surface area contributed by atoms with E-state index in [-0.39, 0.29) is 5.78 Å². The number of ketones is 1. The molecule has 0 amide bonds. The molecule has 94 valence electrons. The zero-order valence-corrected chi connectivity index (χ0v) is 12.0. The second kappa shape index (κ2) is 4.55. The Bertz CT molecular complexity index is 613. The molecule has 0 spiro atoms. The highest BCUT2D eigenvalue weighted by atomic mass is 32.2. The van der Waals surface area contributed by atoms with Gasteiger partial charge in [-0.2, -0.15) is 5.10 Å². The van der Waals surface area contributed by atoms with Gasteiger partial charge < -0.3 is 0 Å². The van der Waals surface area contributed by atoms with E-state index in [2.05, 4.69) is 16.5 Å². The first-order chi connectivity index (χ1) is 8.76. The minimum absolute atomic E-state index is 0.263. The third-order valence-corrected chi connectivity index (χ3v) is 5.74. The Morgan fingerprint density at radius 1 is 1.56 bits per heavy atom. The maximum Gasteiger partial charge on any atom is 0.172 e. The minimum atomic E-state index is 0.263. The summed E-state index contributed by atoms with van der Waals surface area (Å²) in [6.07, 6.45) is 6.49. The largest absolute Gasteiger partial charge is 0.293 e. The van der Waals surface area contributed by atoms with Crippen LogP contribution in [0.25, 0.3) is 11.3 Å². The molecule has 0 radical (unpaired) electrons. The van der Waals surface area contributed by atoms with E-state index < -0.39 is 0 Å². The predicted molar refractivity (Wildman–Crippen MR) is 75.7 cm³/mol. The molecule has 0 aliphatic heterocycles. The Kier molecular flexibility index (Phi) is 3.03. The summed E-state index contributed by atoms with van der Waals surface area (Å²) < 4.78 is 1.23. The van der Waals surface area contributed by atoms with Gasteiger partial charge in [0.2, 0.25) is 0 Å². The lowest BCUT2D eigenvalue weighted by atomic mass is 9.91. The summed E-state index contributed by atoms with van der Waals surface area (Å²) in [5, 5.41) is 7.23. The molecule has 3 rings (SSSR count). The number of aryl methyl sites for hydroxylation is 1. The number of fused-ring (bicyclic) bond motifs is 3. The summed E-state index contributed by atoms with van der Waals surface area (Å²) >= 11 is 3.36. The van der Waals surface area contributed by atoms with Crippen molar-refractivity contribution in [1.29, 1.82) is 0 Å². The van der Waals surface area contributed by atoms with Crippen LogP contribution in [0.5, 0.6) is 0 Å². The number of hydrogen-bond acceptors (Lipinski definition) is 4. The molecule has 0 aromatic carbocycles. The third kappa shape index (κ3) is 1.65. The Hall–Kier alpha value is -1.07. The van der Waals surface area contributed by atoms with Crippen LogP contribution in [0.15, 0.2) is 10.4 Å². The molecule has 1 aliphatic carbocycles. The van der Waals surface area contributed by atoms with E-state index in [0.29, 0.717) is 6.42 Å². The van der Waals surface area contributed by atoms with E-state index in [0.717, 1.165) is 23.4 Å². The van der Waals surface area contributed by atoms with Crippen molar-refractivity contribution in [1.82, 2.24) is 10.2 Å². The Morgan fingerprint density at radius 2 is 2.39 bits per heavy atom. The molecular weight excluding hydrogens is 264 g/mol. The molecule has 1 aliphatic rings. The molecule has 0 atom stereocenters. The number of aromatic nitrogens is 2. The van der Waals surface area contributed by atoms with Gasteiger partial charge in [0.1, 0.15) is 0 Å². The van der Waals surface area contributed by atoms with Gasteiger partial charge in [-0.15, -0.1) is 23.1 Å². The number of nitrogens with zero attached hydrogens (tertiary/aromatic N) is 1. The van der Waals surface area contributed by atoms with Crippen LogP contribution in [0.3, 0.4) is 0 Å². The van der Waals surface area contributed by atoms with Crippen molar-refractivity contribution in [2.45, 2.75) is 30.4 Å². The van der Waals surface area contributed by atoms with E-state index in [1.54, 1.807) is 23.1 Å². The molecule has 0 unspecified atom stereocenters. The van der Waals surface area contributed by atoms with Crippen molar-refractivity contribution in [3.8, 4) is 11.3 Å². The lowest BCUT2D eigenvalue weighted by Gasteiger charge is -2.13. The van der Waals surface area contributed by atoms with Crippen molar-refractivity contribution in [3.05, 3.63) is 22.2 Å². The van der Waals surface area contributed by atoms with Gasteiger partial charge in [0.25, 0.3) is 0 Å². The molecule has 5 heteroatoms. The van der Waals surface area contributed by atoms with Gasteiger partial charge in [0.05, 0.1) is 21.0 Å². The average Bonchev–Trinajstić information content (AvgIpc) is 3.00. The topological polar surface area (TPSA) is 45.8 Å². The average molecular weight is 278 g/mol. The summed E-state index contributed by atoms with van der Waals surface area (Å²) in [5.74, 6) is 0.263. The van der Waals surface area contributed by atoms with Gasteiger partial charge in [-0.25, -0.2) is 0 Å². The number of carbonyl (C=O) groups is 1. The monoisotopic (exact) mass is 278 g/mol.